The van der Waals surface area contributed by atoms with Gasteiger partial charge in [0, 0.05) is 17.6 Å². The maximum Gasteiger partial charge on any atom is 0.274 e. The Labute approximate surface area is 155 Å². The quantitative estimate of drug-likeness (QED) is 0.683. The predicted molar refractivity (Wildman–Crippen MR) is 100 cm³/mol. The Balaban J connectivity index is 1.60. The number of carbonyl (C=O) groups excluding carboxylic acids is 1. The van der Waals surface area contributed by atoms with Crippen molar-refractivity contribution in [2.45, 2.75) is 6.42 Å². The fourth-order valence-electron chi connectivity index (χ4n) is 2.35. The number of hydrogen-bond acceptors (Lipinski definition) is 4. The van der Waals surface area contributed by atoms with Crippen LogP contribution in [0.15, 0.2) is 60.9 Å². The summed E-state index contributed by atoms with van der Waals surface area (Å²) in [7, 11) is 0. The molecule has 0 atom stereocenters. The number of carbonyl (C=O) groups is 1. The number of rotatable bonds is 6. The van der Waals surface area contributed by atoms with Crippen molar-refractivity contribution < 1.29 is 9.18 Å². The molecule has 0 aliphatic heterocycles. The molecule has 7 heteroatoms. The lowest BCUT2D eigenvalue weighted by atomic mass is 10.1. The van der Waals surface area contributed by atoms with Crippen LogP contribution in [0, 0.1) is 5.82 Å². The second-order valence-corrected chi connectivity index (χ2v) is 5.97. The number of nitrogens with one attached hydrogen (secondary N) is 2. The molecular formula is C19H16ClFN4O. The molecule has 0 saturated carbocycles. The third-order valence-corrected chi connectivity index (χ3v) is 3.87. The summed E-state index contributed by atoms with van der Waals surface area (Å²) in [5.41, 5.74) is 1.34. The van der Waals surface area contributed by atoms with Gasteiger partial charge in [-0.25, -0.2) is 14.4 Å². The molecule has 0 spiro atoms. The third kappa shape index (κ3) is 4.77. The number of nitrogens with zero attached hydrogens (tertiary/aromatic N) is 2. The first-order valence-electron chi connectivity index (χ1n) is 7.98. The van der Waals surface area contributed by atoms with E-state index in [9.17, 15) is 9.18 Å². The van der Waals surface area contributed by atoms with Crippen LogP contribution in [0.4, 0.5) is 15.9 Å². The highest BCUT2D eigenvalue weighted by Gasteiger charge is 2.11. The number of benzene rings is 2. The van der Waals surface area contributed by atoms with Gasteiger partial charge < -0.3 is 10.6 Å². The van der Waals surface area contributed by atoms with Crippen LogP contribution in [0.25, 0.3) is 0 Å². The van der Waals surface area contributed by atoms with Gasteiger partial charge in [-0.15, -0.1) is 0 Å². The van der Waals surface area contributed by atoms with Crippen LogP contribution in [0.3, 0.4) is 0 Å². The molecular weight excluding hydrogens is 355 g/mol. The Hall–Kier alpha value is -2.99. The van der Waals surface area contributed by atoms with E-state index in [0.29, 0.717) is 17.4 Å². The first-order valence-corrected chi connectivity index (χ1v) is 8.36. The van der Waals surface area contributed by atoms with Gasteiger partial charge >= 0.3 is 0 Å². The second-order valence-electron chi connectivity index (χ2n) is 5.53. The Morgan fingerprint density at radius 1 is 1.08 bits per heavy atom. The van der Waals surface area contributed by atoms with Crippen LogP contribution >= 0.6 is 11.6 Å². The summed E-state index contributed by atoms with van der Waals surface area (Å²) in [4.78, 5) is 20.3. The zero-order chi connectivity index (χ0) is 18.4. The molecule has 5 nitrogen and oxygen atoms in total. The maximum atomic E-state index is 13.6. The Morgan fingerprint density at radius 3 is 2.73 bits per heavy atom. The van der Waals surface area contributed by atoms with Crippen molar-refractivity contribution in [3.8, 4) is 0 Å². The molecule has 132 valence electrons. The fourth-order valence-corrected chi connectivity index (χ4v) is 2.57. The average molecular weight is 371 g/mol. The highest BCUT2D eigenvalue weighted by molar-refractivity contribution is 6.30. The van der Waals surface area contributed by atoms with E-state index < -0.39 is 11.7 Å². The van der Waals surface area contributed by atoms with Crippen molar-refractivity contribution in [1.29, 1.82) is 0 Å². The van der Waals surface area contributed by atoms with E-state index in [2.05, 4.69) is 20.6 Å². The lowest BCUT2D eigenvalue weighted by molar-refractivity contribution is 0.102. The number of hydrogen-bond donors (Lipinski definition) is 2. The number of aromatic nitrogens is 2. The first-order chi connectivity index (χ1) is 12.6. The van der Waals surface area contributed by atoms with Gasteiger partial charge in [0.05, 0.1) is 5.69 Å². The average Bonchev–Trinajstić information content (AvgIpc) is 2.64. The molecule has 0 saturated heterocycles. The van der Waals surface area contributed by atoms with Crippen molar-refractivity contribution in [1.82, 2.24) is 9.97 Å². The lowest BCUT2D eigenvalue weighted by Gasteiger charge is -2.08. The zero-order valence-corrected chi connectivity index (χ0v) is 14.5. The molecule has 0 aliphatic rings. The van der Waals surface area contributed by atoms with E-state index >= 15 is 0 Å². The van der Waals surface area contributed by atoms with Gasteiger partial charge in [0.1, 0.15) is 23.7 Å². The molecule has 1 aromatic heterocycles. The predicted octanol–water partition coefficient (Wildman–Crippen LogP) is 4.18. The minimum absolute atomic E-state index is 0.103. The van der Waals surface area contributed by atoms with Crippen LogP contribution < -0.4 is 10.6 Å². The topological polar surface area (TPSA) is 66.9 Å². The fraction of sp³-hybridized carbons (Fsp3) is 0.105. The van der Waals surface area contributed by atoms with Crippen molar-refractivity contribution in [3.63, 3.8) is 0 Å². The summed E-state index contributed by atoms with van der Waals surface area (Å²) >= 11 is 5.96. The normalized spacial score (nSPS) is 10.4. The van der Waals surface area contributed by atoms with Crippen molar-refractivity contribution in [3.05, 3.63) is 83.0 Å². The monoisotopic (exact) mass is 370 g/mol. The number of para-hydroxylation sites is 1. The standard InChI is InChI=1S/C19H16ClFN4O/c20-14-5-3-4-13(10-14)8-9-22-18-11-17(23-12-24-18)19(26)25-16-7-2-1-6-15(16)21/h1-7,10-12H,8-9H2,(H,25,26)(H,22,23,24). The molecule has 0 fully saturated rings. The van der Waals surface area contributed by atoms with Crippen LogP contribution in [0.1, 0.15) is 16.1 Å². The van der Waals surface area contributed by atoms with Gasteiger partial charge in [-0.2, -0.15) is 0 Å². The third-order valence-electron chi connectivity index (χ3n) is 3.63. The Morgan fingerprint density at radius 2 is 1.92 bits per heavy atom. The number of amides is 1. The van der Waals surface area contributed by atoms with Crippen LogP contribution in [-0.2, 0) is 6.42 Å². The summed E-state index contributed by atoms with van der Waals surface area (Å²) in [5.74, 6) is -0.495. The molecule has 1 heterocycles. The largest absolute Gasteiger partial charge is 0.370 e. The summed E-state index contributed by atoms with van der Waals surface area (Å²) < 4.78 is 13.6. The number of halogens is 2. The van der Waals surface area contributed by atoms with Crippen molar-refractivity contribution >= 4 is 29.0 Å². The van der Waals surface area contributed by atoms with Crippen molar-refractivity contribution in [2.24, 2.45) is 0 Å². The van der Waals surface area contributed by atoms with Gasteiger partial charge in [-0.1, -0.05) is 35.9 Å². The molecule has 3 aromatic rings. The van der Waals surface area contributed by atoms with E-state index in [4.69, 9.17) is 11.6 Å². The van der Waals surface area contributed by atoms with Crippen LogP contribution in [0.5, 0.6) is 0 Å². The van der Waals surface area contributed by atoms with E-state index in [1.807, 2.05) is 24.3 Å². The van der Waals surface area contributed by atoms with Gasteiger partial charge in [0.15, 0.2) is 0 Å². The molecule has 0 aliphatic carbocycles. The maximum absolute atomic E-state index is 13.6. The van der Waals surface area contributed by atoms with E-state index in [-0.39, 0.29) is 11.4 Å². The molecule has 3 rings (SSSR count). The van der Waals surface area contributed by atoms with E-state index in [0.717, 1.165) is 12.0 Å². The van der Waals surface area contributed by atoms with E-state index in [1.165, 1.54) is 24.5 Å². The summed E-state index contributed by atoms with van der Waals surface area (Å²) in [6.07, 6.45) is 2.04. The highest BCUT2D eigenvalue weighted by Crippen LogP contribution is 2.15. The van der Waals surface area contributed by atoms with E-state index in [1.54, 1.807) is 12.1 Å². The molecule has 2 N–H and O–H groups in total. The van der Waals surface area contributed by atoms with Crippen LogP contribution in [-0.4, -0.2) is 22.4 Å². The summed E-state index contributed by atoms with van der Waals surface area (Å²) in [6, 6.07) is 15.1. The van der Waals surface area contributed by atoms with Gasteiger partial charge in [0.2, 0.25) is 0 Å². The Bertz CT molecular complexity index is 919. The minimum atomic E-state index is -0.505. The molecule has 0 radical (unpaired) electrons. The SMILES string of the molecule is O=C(Nc1ccccc1F)c1cc(NCCc2cccc(Cl)c2)ncn1. The van der Waals surface area contributed by atoms with Gasteiger partial charge in [-0.3, -0.25) is 4.79 Å². The number of anilines is 2. The molecule has 0 unspecified atom stereocenters. The van der Waals surface area contributed by atoms with Crippen LogP contribution in [0.2, 0.25) is 5.02 Å². The minimum Gasteiger partial charge on any atom is -0.370 e. The van der Waals surface area contributed by atoms with Gasteiger partial charge in [0.25, 0.3) is 5.91 Å². The summed E-state index contributed by atoms with van der Waals surface area (Å²) in [6.45, 7) is 0.617. The molecule has 1 amide bonds. The molecule has 2 aromatic carbocycles. The highest BCUT2D eigenvalue weighted by atomic mass is 35.5. The first kappa shape index (κ1) is 17.8. The van der Waals surface area contributed by atoms with Crippen molar-refractivity contribution in [2.75, 3.05) is 17.2 Å². The smallest absolute Gasteiger partial charge is 0.274 e. The second kappa shape index (κ2) is 8.40. The summed E-state index contributed by atoms with van der Waals surface area (Å²) in [5, 5.41) is 6.32. The molecule has 26 heavy (non-hydrogen) atoms. The lowest BCUT2D eigenvalue weighted by Crippen LogP contribution is -2.16. The molecule has 0 bridgehead atoms. The zero-order valence-electron chi connectivity index (χ0n) is 13.7. The Kier molecular flexibility index (Phi) is 5.76. The van der Waals surface area contributed by atoms with Gasteiger partial charge in [-0.05, 0) is 36.2 Å².